The van der Waals surface area contributed by atoms with Crippen molar-refractivity contribution in [3.63, 3.8) is 0 Å². The van der Waals surface area contributed by atoms with Crippen molar-refractivity contribution in [3.8, 4) is 0 Å². The first-order chi connectivity index (χ1) is 8.74. The lowest BCUT2D eigenvalue weighted by Crippen LogP contribution is -2.17. The zero-order valence-electron chi connectivity index (χ0n) is 9.74. The van der Waals surface area contributed by atoms with Crippen molar-refractivity contribution < 1.29 is 4.79 Å². The predicted molar refractivity (Wildman–Crippen MR) is 60.8 cm³/mol. The van der Waals surface area contributed by atoms with Gasteiger partial charge in [-0.05, 0) is 29.3 Å². The molecule has 1 fully saturated rings. The minimum Gasteiger partial charge on any atom is -0.288 e. The van der Waals surface area contributed by atoms with Crippen molar-refractivity contribution in [1.82, 2.24) is 30.2 Å². The zero-order chi connectivity index (χ0) is 12.5. The maximum absolute atomic E-state index is 11.9. The van der Waals surface area contributed by atoms with Gasteiger partial charge in [0.25, 0.3) is 5.91 Å². The molecule has 8 heteroatoms. The Bertz CT molecular complexity index is 589. The van der Waals surface area contributed by atoms with Gasteiger partial charge in [0, 0.05) is 19.2 Å². The van der Waals surface area contributed by atoms with Gasteiger partial charge in [0.1, 0.15) is 11.5 Å². The smallest absolute Gasteiger partial charge is 0.276 e. The molecule has 0 unspecified atom stereocenters. The average molecular weight is 245 g/mol. The molecular weight excluding hydrogens is 234 g/mol. The molecule has 1 N–H and O–H groups in total. The number of carbonyl (C=O) groups is 1. The number of aryl methyl sites for hydroxylation is 1. The number of anilines is 1. The predicted octanol–water partition coefficient (Wildman–Crippen LogP) is 0.130. The Morgan fingerprint density at radius 1 is 1.50 bits per heavy atom. The van der Waals surface area contributed by atoms with Crippen LogP contribution in [0.25, 0.3) is 0 Å². The fourth-order valence-electron chi connectivity index (χ4n) is 1.54. The van der Waals surface area contributed by atoms with E-state index in [1.165, 1.54) is 4.68 Å². The highest BCUT2D eigenvalue weighted by molar-refractivity contribution is 6.01. The lowest BCUT2D eigenvalue weighted by atomic mass is 10.3. The highest BCUT2D eigenvalue weighted by Gasteiger charge is 2.27. The molecule has 1 amide bonds. The third-order valence-electron chi connectivity index (χ3n) is 2.69. The summed E-state index contributed by atoms with van der Waals surface area (Å²) in [6.07, 6.45) is 3.79. The summed E-state index contributed by atoms with van der Waals surface area (Å²) in [5.41, 5.74) is 0.329. The van der Waals surface area contributed by atoms with Gasteiger partial charge in [0.05, 0.1) is 0 Å². The van der Waals surface area contributed by atoms with Crippen molar-refractivity contribution in [3.05, 3.63) is 23.8 Å². The van der Waals surface area contributed by atoms with E-state index < -0.39 is 0 Å². The minimum atomic E-state index is -0.336. The summed E-state index contributed by atoms with van der Waals surface area (Å²) in [6.45, 7) is 0. The first-order valence-electron chi connectivity index (χ1n) is 5.60. The van der Waals surface area contributed by atoms with Crippen LogP contribution in [0.2, 0.25) is 0 Å². The summed E-state index contributed by atoms with van der Waals surface area (Å²) >= 11 is 0. The largest absolute Gasteiger partial charge is 0.288 e. The molecule has 0 spiro atoms. The first kappa shape index (κ1) is 10.8. The average Bonchev–Trinajstić information content (AvgIpc) is 3.16. The molecule has 1 aliphatic rings. The van der Waals surface area contributed by atoms with Crippen LogP contribution in [0.4, 0.5) is 5.95 Å². The third-order valence-corrected chi connectivity index (χ3v) is 2.69. The molecule has 0 bridgehead atoms. The van der Waals surface area contributed by atoms with Gasteiger partial charge in [-0.3, -0.25) is 10.1 Å². The standard InChI is InChI=1S/C10H11N7O/c1-17-10(14-15-16-17)13-9(18)7-4-5-11-8(12-7)6-2-3-6/h4-6H,2-3H2,1H3,(H,13,14,16,18). The molecule has 1 aliphatic carbocycles. The van der Waals surface area contributed by atoms with Crippen LogP contribution in [-0.4, -0.2) is 36.1 Å². The van der Waals surface area contributed by atoms with E-state index in [9.17, 15) is 4.79 Å². The molecule has 0 atom stereocenters. The Kier molecular flexibility index (Phi) is 2.47. The quantitative estimate of drug-likeness (QED) is 0.825. The summed E-state index contributed by atoms with van der Waals surface area (Å²) in [7, 11) is 1.64. The van der Waals surface area contributed by atoms with Crippen molar-refractivity contribution in [2.75, 3.05) is 5.32 Å². The molecule has 92 valence electrons. The highest BCUT2D eigenvalue weighted by atomic mass is 16.2. The molecule has 2 aromatic rings. The van der Waals surface area contributed by atoms with Crippen LogP contribution in [0.1, 0.15) is 35.1 Å². The minimum absolute atomic E-state index is 0.284. The van der Waals surface area contributed by atoms with Crippen molar-refractivity contribution in [2.45, 2.75) is 18.8 Å². The van der Waals surface area contributed by atoms with Crippen molar-refractivity contribution in [2.24, 2.45) is 7.05 Å². The van der Waals surface area contributed by atoms with E-state index in [1.54, 1.807) is 19.3 Å². The number of hydrogen-bond donors (Lipinski definition) is 1. The molecule has 18 heavy (non-hydrogen) atoms. The Hall–Kier alpha value is -2.38. The second kappa shape index (κ2) is 4.13. The second-order valence-corrected chi connectivity index (χ2v) is 4.15. The molecule has 8 nitrogen and oxygen atoms in total. The van der Waals surface area contributed by atoms with Crippen LogP contribution in [0.3, 0.4) is 0 Å². The van der Waals surface area contributed by atoms with E-state index in [4.69, 9.17) is 0 Å². The molecule has 0 saturated heterocycles. The molecule has 0 aliphatic heterocycles. The van der Waals surface area contributed by atoms with E-state index in [-0.39, 0.29) is 11.9 Å². The maximum Gasteiger partial charge on any atom is 0.276 e. The van der Waals surface area contributed by atoms with Gasteiger partial charge in [-0.25, -0.2) is 14.6 Å². The lowest BCUT2D eigenvalue weighted by Gasteiger charge is -2.03. The SMILES string of the molecule is Cn1nnnc1NC(=O)c1ccnc(C2CC2)n1. The Morgan fingerprint density at radius 2 is 2.33 bits per heavy atom. The summed E-state index contributed by atoms with van der Waals surface area (Å²) in [5, 5.41) is 13.3. The van der Waals surface area contributed by atoms with E-state index >= 15 is 0 Å². The van der Waals surface area contributed by atoms with Crippen LogP contribution < -0.4 is 5.32 Å². The number of carbonyl (C=O) groups excluding carboxylic acids is 1. The highest BCUT2D eigenvalue weighted by Crippen LogP contribution is 2.37. The van der Waals surface area contributed by atoms with E-state index in [0.717, 1.165) is 18.7 Å². The molecule has 0 aromatic carbocycles. The fraction of sp³-hybridized carbons (Fsp3) is 0.400. The van der Waals surface area contributed by atoms with Crippen LogP contribution in [0.5, 0.6) is 0 Å². The number of nitrogens with one attached hydrogen (secondary N) is 1. The summed E-state index contributed by atoms with van der Waals surface area (Å²) in [6, 6.07) is 1.57. The van der Waals surface area contributed by atoms with E-state index in [0.29, 0.717) is 11.6 Å². The summed E-state index contributed by atoms with van der Waals surface area (Å²) in [5.74, 6) is 1.09. The van der Waals surface area contributed by atoms with Crippen LogP contribution >= 0.6 is 0 Å². The molecule has 0 radical (unpaired) electrons. The summed E-state index contributed by atoms with van der Waals surface area (Å²) in [4.78, 5) is 20.4. The van der Waals surface area contributed by atoms with Crippen LogP contribution in [0.15, 0.2) is 12.3 Å². The van der Waals surface area contributed by atoms with Crippen LogP contribution in [0, 0.1) is 0 Å². The van der Waals surface area contributed by atoms with Gasteiger partial charge in [-0.2, -0.15) is 0 Å². The van der Waals surface area contributed by atoms with Gasteiger partial charge < -0.3 is 0 Å². The number of aromatic nitrogens is 6. The number of tetrazole rings is 1. The van der Waals surface area contributed by atoms with E-state index in [1.807, 2.05) is 0 Å². The zero-order valence-corrected chi connectivity index (χ0v) is 9.74. The molecule has 2 heterocycles. The van der Waals surface area contributed by atoms with Gasteiger partial charge in [0.15, 0.2) is 0 Å². The molecule has 3 rings (SSSR count). The molecule has 1 saturated carbocycles. The normalized spacial score (nSPS) is 14.5. The van der Waals surface area contributed by atoms with Crippen molar-refractivity contribution >= 4 is 11.9 Å². The third kappa shape index (κ3) is 2.04. The van der Waals surface area contributed by atoms with Gasteiger partial charge in [-0.15, -0.1) is 0 Å². The maximum atomic E-state index is 11.9. The van der Waals surface area contributed by atoms with Gasteiger partial charge in [0.2, 0.25) is 5.95 Å². The first-order valence-corrected chi connectivity index (χ1v) is 5.60. The molecule has 2 aromatic heterocycles. The second-order valence-electron chi connectivity index (χ2n) is 4.15. The monoisotopic (exact) mass is 245 g/mol. The molecular formula is C10H11N7O. The van der Waals surface area contributed by atoms with E-state index in [2.05, 4.69) is 30.8 Å². The van der Waals surface area contributed by atoms with Gasteiger partial charge >= 0.3 is 0 Å². The number of rotatable bonds is 3. The van der Waals surface area contributed by atoms with Gasteiger partial charge in [-0.1, -0.05) is 5.10 Å². The topological polar surface area (TPSA) is 98.5 Å². The number of amides is 1. The Labute approximate surface area is 102 Å². The lowest BCUT2D eigenvalue weighted by molar-refractivity contribution is 0.102. The van der Waals surface area contributed by atoms with Crippen molar-refractivity contribution in [1.29, 1.82) is 0 Å². The number of nitrogens with zero attached hydrogens (tertiary/aromatic N) is 6. The Balaban J connectivity index is 1.79. The van der Waals surface area contributed by atoms with Crippen LogP contribution in [-0.2, 0) is 7.05 Å². The summed E-state index contributed by atoms with van der Waals surface area (Å²) < 4.78 is 1.38. The number of hydrogen-bond acceptors (Lipinski definition) is 6. The Morgan fingerprint density at radius 3 is 3.00 bits per heavy atom. The fourth-order valence-corrected chi connectivity index (χ4v) is 1.54.